The van der Waals surface area contributed by atoms with E-state index in [1.165, 1.54) is 33.9 Å². The van der Waals surface area contributed by atoms with Crippen LogP contribution in [0.2, 0.25) is 0 Å². The number of nitrogens with one attached hydrogen (secondary N) is 2. The Labute approximate surface area is 686 Å². The molecular weight excluding hydrogens is 1600 g/mol. The average Bonchev–Trinajstić information content (AvgIpc) is 1.71. The molecule has 0 spiro atoms. The lowest BCUT2D eigenvalue weighted by Crippen LogP contribution is -2.68. The Hall–Kier alpha value is -6.26. The SMILES string of the molecule is NC[C@@H]1O[C@@H](O[C@H]2[C@H](O[C@@H]3O[C@H](Cn4cc(-c5cc(C(=O)NCCCCCC(=O)N[C@@H](CCCN=C(N)N)C(N)=O)cc(-c6cn(C[C@@H]7O[C@H](O[C@H]8[C@H](O)[C@@H](N)C[C@@H](N)[C@@H]8O[C@H]8O[C@H](CN)[C@@H](O)[C@H](O)[C@H]8N)[C@@H](O)[C@H]7O[C@H]7O[C@@H](CN)[C@@H](O)[C@H](O)[C@H]7N)nn6)c5)nn4)[C@@H](O[C@@H]4O[C@H](CN)[C@H](O)[C@@H](O)[C@@H]4N)[C@H]3O)[C@@H](O)[C@H](N)C[C@@H]2N)[C@@H](N)[C@H](O)[C@H]1O. The van der Waals surface area contributed by atoms with Crippen molar-refractivity contribution < 1.29 is 133 Å². The predicted molar refractivity (Wildman–Crippen MR) is 409 cm³/mol. The second-order valence-corrected chi connectivity index (χ2v) is 31.6. The van der Waals surface area contributed by atoms with Gasteiger partial charge in [0.25, 0.3) is 5.91 Å². The van der Waals surface area contributed by atoms with Crippen LogP contribution in [0.15, 0.2) is 35.6 Å². The highest BCUT2D eigenvalue weighted by atomic mass is 16.8. The number of carbonyl (C=O) groups is 3. The molecule has 39 atom stereocenters. The summed E-state index contributed by atoms with van der Waals surface area (Å²) in [5, 5.41) is 158. The van der Waals surface area contributed by atoms with E-state index in [1.807, 2.05) is 0 Å². The predicted octanol–water partition coefficient (Wildman–Crippen LogP) is -17.2. The summed E-state index contributed by atoms with van der Waals surface area (Å²) >= 11 is 0. The van der Waals surface area contributed by atoms with E-state index in [9.17, 15) is 75.7 Å². The van der Waals surface area contributed by atoms with Gasteiger partial charge in [0.1, 0.15) is 152 Å². The van der Waals surface area contributed by atoms with Gasteiger partial charge in [0.2, 0.25) is 11.8 Å². The third kappa shape index (κ3) is 21.6. The molecule has 0 unspecified atom stereocenters. The molecule has 51 heteroatoms. The third-order valence-corrected chi connectivity index (χ3v) is 23.0. The summed E-state index contributed by atoms with van der Waals surface area (Å²) in [6.07, 6.45) is -41.1. The van der Waals surface area contributed by atoms with Crippen LogP contribution in [0.5, 0.6) is 0 Å². The van der Waals surface area contributed by atoms with Gasteiger partial charge in [0.05, 0.1) is 61.9 Å². The zero-order chi connectivity index (χ0) is 87.2. The summed E-state index contributed by atoms with van der Waals surface area (Å²) in [5.41, 5.74) is 92.0. The van der Waals surface area contributed by atoms with Gasteiger partial charge in [-0.3, -0.25) is 19.4 Å². The number of primary amides is 1. The molecule has 0 bridgehead atoms. The molecule has 6 aliphatic heterocycles. The first kappa shape index (κ1) is 94.4. The highest BCUT2D eigenvalue weighted by Gasteiger charge is 2.58. The molecule has 6 saturated heterocycles. The Morgan fingerprint density at radius 2 is 0.808 bits per heavy atom. The Kier molecular flexibility index (Phi) is 32.8. The molecule has 11 rings (SSSR count). The quantitative estimate of drug-likeness (QED) is 0.0148. The van der Waals surface area contributed by atoms with Crippen LogP contribution in [0, 0.1) is 0 Å². The van der Waals surface area contributed by atoms with Gasteiger partial charge in [-0.2, -0.15) is 0 Å². The van der Waals surface area contributed by atoms with Crippen LogP contribution >= 0.6 is 0 Å². The van der Waals surface area contributed by atoms with Crippen molar-refractivity contribution >= 4 is 23.7 Å². The van der Waals surface area contributed by atoms with Crippen molar-refractivity contribution in [2.75, 3.05) is 39.3 Å². The van der Waals surface area contributed by atoms with E-state index in [2.05, 4.69) is 36.3 Å². The normalized spacial score (nSPS) is 41.4. The van der Waals surface area contributed by atoms with E-state index in [1.54, 1.807) is 6.07 Å². The number of aromatic nitrogens is 6. The number of hydrogen-bond acceptors (Lipinski definition) is 44. The molecule has 3 amide bonds. The first-order valence-electron chi connectivity index (χ1n) is 39.8. The van der Waals surface area contributed by atoms with Crippen LogP contribution < -0.4 is 96.6 Å². The number of unbranched alkanes of at least 4 members (excludes halogenated alkanes) is 2. The lowest BCUT2D eigenvalue weighted by molar-refractivity contribution is -0.306. The maximum absolute atomic E-state index is 14.5. The number of aliphatic hydroxyl groups excluding tert-OH is 12. The molecule has 2 aromatic heterocycles. The molecule has 8 aliphatic rings. The molecule has 0 radical (unpaired) electrons. The molecule has 2 saturated carbocycles. The van der Waals surface area contributed by atoms with Crippen molar-refractivity contribution in [3.05, 3.63) is 36.2 Å². The standard InChI is InChI=1S/C69H120N24O27/c70-14-32-45(97)49(101)39(78)63(109-32)115-55-27(76)12-25(74)43(95)59(55)119-67-53(105)57(117-65-41(80)51(103)47(99)34(16-72)111-65)36(113-67)20-92-18-30(88-90-92)22-9-23(11-24(10-22)62(108)85-7-3-1-2-6-38(94)87-29(61(82)107)5-4-8-86-69(83)84)31-19-93(91-89-31)21-37-58(118-66-42(81)52(104)48(100)35(17-73)112-66)54(106)68(114-37)120-60-44(96)26(75)13-28(77)56(60)116-64-40(79)50(102)46(98)33(15-71)110-64/h9-11,18-19,25-29,32-37,39-60,63-68,95-106H,1-8,12-17,20-21,70-81H2,(H2,82,107)(H,85,108)(H,87,94)(H4,83,84,86)/t25-,26+,27+,28-,29-,32+,33-,34-,35+,36-,37+,39+,40-,41+,42-,43+,44-,45+,46-,47+,48-,49+,50-,51+,52-,53-,54+,55-,56+,57-,58+,59-,60+,63+,64-,65+,66-,67+,68-/m0/s1. The molecule has 678 valence electrons. The Bertz CT molecular complexity index is 3620. The minimum absolute atomic E-state index is 0.0210. The summed E-state index contributed by atoms with van der Waals surface area (Å²) in [6, 6.07) is -6.26. The Morgan fingerprint density at radius 3 is 1.18 bits per heavy atom. The van der Waals surface area contributed by atoms with Crippen molar-refractivity contribution in [2.45, 2.75) is 303 Å². The Balaban J connectivity index is 0.876. The van der Waals surface area contributed by atoms with Gasteiger partial charge in [-0.1, -0.05) is 16.8 Å². The van der Waals surface area contributed by atoms with Crippen molar-refractivity contribution in [1.82, 2.24) is 40.6 Å². The fourth-order valence-electron chi connectivity index (χ4n) is 15.9. The van der Waals surface area contributed by atoms with E-state index in [-0.39, 0.29) is 112 Å². The van der Waals surface area contributed by atoms with Crippen LogP contribution in [0.1, 0.15) is 61.7 Å². The number of guanidine groups is 1. The molecule has 2 aliphatic carbocycles. The van der Waals surface area contributed by atoms with Gasteiger partial charge in [0.15, 0.2) is 43.7 Å². The minimum Gasteiger partial charge on any atom is -0.389 e. The molecule has 8 fully saturated rings. The second-order valence-electron chi connectivity index (χ2n) is 31.6. The largest absolute Gasteiger partial charge is 0.389 e. The number of aliphatic hydroxyl groups is 12. The smallest absolute Gasteiger partial charge is 0.251 e. The maximum Gasteiger partial charge on any atom is 0.251 e. The van der Waals surface area contributed by atoms with E-state index < -0.39 is 256 Å². The van der Waals surface area contributed by atoms with Gasteiger partial charge in [-0.25, -0.2) is 9.36 Å². The summed E-state index contributed by atoms with van der Waals surface area (Å²) in [6.45, 7) is -1.59. The van der Waals surface area contributed by atoms with Crippen molar-refractivity contribution in [3.8, 4) is 22.5 Å². The fourth-order valence-corrected chi connectivity index (χ4v) is 15.9. The number of carbonyl (C=O) groups excluding carboxylic acids is 3. The number of ether oxygens (including phenoxy) is 12. The number of nitrogens with zero attached hydrogens (tertiary/aromatic N) is 7. The van der Waals surface area contributed by atoms with Gasteiger partial charge in [-0.15, -0.1) is 10.2 Å². The van der Waals surface area contributed by atoms with Crippen LogP contribution in [0.25, 0.3) is 22.5 Å². The van der Waals surface area contributed by atoms with Crippen LogP contribution in [-0.4, -0.2) is 393 Å². The number of aliphatic imine (C=N–C) groups is 1. The van der Waals surface area contributed by atoms with Crippen molar-refractivity contribution in [3.63, 3.8) is 0 Å². The van der Waals surface area contributed by atoms with Crippen LogP contribution in [-0.2, 0) is 79.5 Å². The summed E-state index contributed by atoms with van der Waals surface area (Å²) in [4.78, 5) is 43.5. The molecule has 3 aromatic rings. The first-order chi connectivity index (χ1) is 57.0. The Morgan fingerprint density at radius 1 is 0.442 bits per heavy atom. The molecule has 44 N–H and O–H groups in total. The molecule has 8 heterocycles. The molecular formula is C69H120N24O27. The van der Waals surface area contributed by atoms with E-state index in [0.717, 1.165) is 0 Å². The minimum atomic E-state index is -1.85. The lowest BCUT2D eigenvalue weighted by atomic mass is 9.84. The molecule has 51 nitrogen and oxygen atoms in total. The van der Waals surface area contributed by atoms with Gasteiger partial charge in [0, 0.05) is 86.5 Å². The maximum atomic E-state index is 14.5. The summed E-state index contributed by atoms with van der Waals surface area (Å²) < 4.78 is 77.1. The van der Waals surface area contributed by atoms with Crippen LogP contribution in [0.4, 0.5) is 0 Å². The molecule has 1 aromatic carbocycles. The highest BCUT2D eigenvalue weighted by molar-refractivity contribution is 5.97. The van der Waals surface area contributed by atoms with Crippen LogP contribution in [0.3, 0.4) is 0 Å². The van der Waals surface area contributed by atoms with Gasteiger partial charge >= 0.3 is 0 Å². The zero-order valence-corrected chi connectivity index (χ0v) is 65.5. The van der Waals surface area contributed by atoms with Gasteiger partial charge in [-0.05, 0) is 56.7 Å². The van der Waals surface area contributed by atoms with E-state index in [4.69, 9.17) is 143 Å². The molecule has 120 heavy (non-hydrogen) atoms. The van der Waals surface area contributed by atoms with Crippen molar-refractivity contribution in [2.24, 2.45) is 91.0 Å². The summed E-state index contributed by atoms with van der Waals surface area (Å²) in [7, 11) is 0. The number of rotatable bonds is 35. The van der Waals surface area contributed by atoms with Crippen molar-refractivity contribution in [1.29, 1.82) is 0 Å². The van der Waals surface area contributed by atoms with E-state index in [0.29, 0.717) is 25.7 Å². The lowest BCUT2D eigenvalue weighted by Gasteiger charge is -2.47. The number of hydrogen-bond donors (Lipinski definition) is 29. The second kappa shape index (κ2) is 41.7. The monoisotopic (exact) mass is 1720 g/mol. The fraction of sp³-hybridized carbons (Fsp3) is 0.797. The number of nitrogens with two attached hydrogens (primary N) is 15. The number of benzene rings is 1. The topological polar surface area (TPSA) is 893 Å². The average molecular weight is 1720 g/mol. The van der Waals surface area contributed by atoms with Gasteiger partial charge < -0.3 is 215 Å². The number of amides is 3. The zero-order valence-electron chi connectivity index (χ0n) is 65.5. The summed E-state index contributed by atoms with van der Waals surface area (Å²) in [5.74, 6) is -1.91. The highest BCUT2D eigenvalue weighted by Crippen LogP contribution is 2.39. The first-order valence-corrected chi connectivity index (χ1v) is 39.8. The third-order valence-electron chi connectivity index (χ3n) is 23.0. The van der Waals surface area contributed by atoms with E-state index >= 15 is 0 Å².